The fraction of sp³-hybridized carbons (Fsp3) is 0.182. The molecule has 17 heavy (non-hydrogen) atoms. The number of hydrogen-bond donors (Lipinski definition) is 1. The summed E-state index contributed by atoms with van der Waals surface area (Å²) in [6.07, 6.45) is 1.73. The first kappa shape index (κ1) is 12.2. The predicted octanol–water partition coefficient (Wildman–Crippen LogP) is 2.73. The first-order valence-corrected chi connectivity index (χ1v) is 6.55. The molecule has 2 rings (SSSR count). The van der Waals surface area contributed by atoms with Gasteiger partial charge in [-0.15, -0.1) is 11.3 Å². The Balaban J connectivity index is 2.33. The highest BCUT2D eigenvalue weighted by Gasteiger charge is 2.14. The summed E-state index contributed by atoms with van der Waals surface area (Å²) in [5.41, 5.74) is 6.72. The molecule has 0 spiro atoms. The summed E-state index contributed by atoms with van der Waals surface area (Å²) >= 11 is 5.08. The quantitative estimate of drug-likeness (QED) is 0.886. The molecule has 6 heteroatoms. The predicted molar refractivity (Wildman–Crippen MR) is 71.3 cm³/mol. The average molecular weight is 315 g/mol. The molecule has 0 aliphatic heterocycles. The molecule has 0 bridgehead atoms. The van der Waals surface area contributed by atoms with Crippen LogP contribution in [0, 0.1) is 0 Å². The highest BCUT2D eigenvalue weighted by molar-refractivity contribution is 9.10. The minimum atomic E-state index is -0.380. The lowest BCUT2D eigenvalue weighted by Gasteiger charge is -2.06. The molecule has 0 fully saturated rings. The Kier molecular flexibility index (Phi) is 3.54. The third kappa shape index (κ3) is 2.53. The van der Waals surface area contributed by atoms with Crippen molar-refractivity contribution in [3.63, 3.8) is 0 Å². The van der Waals surface area contributed by atoms with Crippen LogP contribution in [0.1, 0.15) is 15.4 Å². The van der Waals surface area contributed by atoms with Crippen LogP contribution in [0.2, 0.25) is 0 Å². The second kappa shape index (κ2) is 4.93. The van der Waals surface area contributed by atoms with E-state index in [1.54, 1.807) is 28.2 Å². The third-order valence-electron chi connectivity index (χ3n) is 2.32. The van der Waals surface area contributed by atoms with Gasteiger partial charge in [-0.3, -0.25) is 0 Å². The first-order chi connectivity index (χ1) is 8.11. The van der Waals surface area contributed by atoms with Gasteiger partial charge in [-0.1, -0.05) is 0 Å². The molecule has 0 aliphatic rings. The van der Waals surface area contributed by atoms with Crippen molar-refractivity contribution in [2.75, 3.05) is 12.8 Å². The minimum absolute atomic E-state index is 0.380. The fourth-order valence-electron chi connectivity index (χ4n) is 1.53. The van der Waals surface area contributed by atoms with Crippen molar-refractivity contribution in [2.24, 2.45) is 0 Å². The molecule has 2 aromatic heterocycles. The van der Waals surface area contributed by atoms with Gasteiger partial charge in [-0.05, 0) is 33.4 Å². The molecule has 2 N–H and O–H groups in total. The zero-order valence-corrected chi connectivity index (χ0v) is 11.5. The Labute approximate surface area is 111 Å². The first-order valence-electron chi connectivity index (χ1n) is 4.87. The number of thiophene rings is 1. The number of nitrogens with zero attached hydrogens (tertiary/aromatic N) is 1. The molecule has 4 nitrogen and oxygen atoms in total. The van der Waals surface area contributed by atoms with Crippen LogP contribution >= 0.6 is 27.3 Å². The lowest BCUT2D eigenvalue weighted by molar-refractivity contribution is 0.0589. The normalized spacial score (nSPS) is 10.5. The topological polar surface area (TPSA) is 57.2 Å². The van der Waals surface area contributed by atoms with Crippen LogP contribution in [0.4, 0.5) is 5.69 Å². The molecular formula is C11H11BrN2O2S. The molecule has 0 aliphatic carbocycles. The molecule has 2 heterocycles. The van der Waals surface area contributed by atoms with Crippen LogP contribution < -0.4 is 5.73 Å². The summed E-state index contributed by atoms with van der Waals surface area (Å²) in [4.78, 5) is 12.7. The van der Waals surface area contributed by atoms with E-state index in [9.17, 15) is 4.79 Å². The van der Waals surface area contributed by atoms with Crippen molar-refractivity contribution in [3.05, 3.63) is 38.8 Å². The SMILES string of the molecule is COC(=O)c1cc(N)cn1Cc1sccc1Br. The molecule has 0 radical (unpaired) electrons. The number of hydrogen-bond acceptors (Lipinski definition) is 4. The number of methoxy groups -OCH3 is 1. The lowest BCUT2D eigenvalue weighted by Crippen LogP contribution is -2.10. The number of aromatic nitrogens is 1. The second-order valence-corrected chi connectivity index (χ2v) is 5.32. The number of esters is 1. The number of rotatable bonds is 3. The van der Waals surface area contributed by atoms with Gasteiger partial charge >= 0.3 is 5.97 Å². The Morgan fingerprint density at radius 3 is 3.00 bits per heavy atom. The van der Waals surface area contributed by atoms with Crippen molar-refractivity contribution < 1.29 is 9.53 Å². The van der Waals surface area contributed by atoms with E-state index in [1.165, 1.54) is 7.11 Å². The Morgan fingerprint density at radius 2 is 2.41 bits per heavy atom. The number of halogens is 1. The molecule has 0 atom stereocenters. The largest absolute Gasteiger partial charge is 0.464 e. The Morgan fingerprint density at radius 1 is 1.65 bits per heavy atom. The number of nitrogen functional groups attached to an aromatic ring is 1. The minimum Gasteiger partial charge on any atom is -0.464 e. The third-order valence-corrected chi connectivity index (χ3v) is 4.23. The standard InChI is InChI=1S/C11H11BrN2O2S/c1-16-11(15)9-4-7(13)5-14(9)6-10-8(12)2-3-17-10/h2-5H,6,13H2,1H3. The molecule has 0 amide bonds. The van der Waals surface area contributed by atoms with Crippen molar-refractivity contribution in [1.82, 2.24) is 4.57 Å². The van der Waals surface area contributed by atoms with Gasteiger partial charge in [0.1, 0.15) is 5.69 Å². The molecule has 0 unspecified atom stereocenters. The van der Waals surface area contributed by atoms with E-state index in [4.69, 9.17) is 10.5 Å². The van der Waals surface area contributed by atoms with Gasteiger partial charge in [-0.2, -0.15) is 0 Å². The maximum Gasteiger partial charge on any atom is 0.354 e. The van der Waals surface area contributed by atoms with Crippen LogP contribution in [0.3, 0.4) is 0 Å². The molecule has 0 aromatic carbocycles. The number of carbonyl (C=O) groups excluding carboxylic acids is 1. The van der Waals surface area contributed by atoms with E-state index in [0.717, 1.165) is 9.35 Å². The number of anilines is 1. The lowest BCUT2D eigenvalue weighted by atomic mass is 10.4. The number of ether oxygens (including phenoxy) is 1. The zero-order chi connectivity index (χ0) is 12.4. The van der Waals surface area contributed by atoms with E-state index in [2.05, 4.69) is 15.9 Å². The van der Waals surface area contributed by atoms with Gasteiger partial charge in [0, 0.05) is 15.5 Å². The molecule has 0 saturated heterocycles. The monoisotopic (exact) mass is 314 g/mol. The summed E-state index contributed by atoms with van der Waals surface area (Å²) in [5, 5.41) is 1.99. The van der Waals surface area contributed by atoms with Crippen LogP contribution in [0.5, 0.6) is 0 Å². The zero-order valence-electron chi connectivity index (χ0n) is 9.14. The van der Waals surface area contributed by atoms with Crippen LogP contribution in [0.25, 0.3) is 0 Å². The smallest absolute Gasteiger partial charge is 0.354 e. The van der Waals surface area contributed by atoms with Crippen LogP contribution in [-0.4, -0.2) is 17.6 Å². The summed E-state index contributed by atoms with van der Waals surface area (Å²) in [6.45, 7) is 0.597. The van der Waals surface area contributed by atoms with Crippen LogP contribution in [-0.2, 0) is 11.3 Å². The Hall–Kier alpha value is -1.27. The molecular weight excluding hydrogens is 304 g/mol. The summed E-state index contributed by atoms with van der Waals surface area (Å²) in [6, 6.07) is 3.60. The average Bonchev–Trinajstić information content (AvgIpc) is 2.86. The van der Waals surface area contributed by atoms with Gasteiger partial charge in [0.05, 0.1) is 19.3 Å². The maximum atomic E-state index is 11.6. The van der Waals surface area contributed by atoms with E-state index in [0.29, 0.717) is 17.9 Å². The van der Waals surface area contributed by atoms with Crippen molar-refractivity contribution >= 4 is 38.9 Å². The van der Waals surface area contributed by atoms with Gasteiger partial charge in [0.25, 0.3) is 0 Å². The summed E-state index contributed by atoms with van der Waals surface area (Å²) in [5.74, 6) is -0.380. The van der Waals surface area contributed by atoms with E-state index in [1.807, 2.05) is 11.4 Å². The van der Waals surface area contributed by atoms with Crippen LogP contribution in [0.15, 0.2) is 28.2 Å². The van der Waals surface area contributed by atoms with Crippen molar-refractivity contribution in [3.8, 4) is 0 Å². The molecule has 0 saturated carbocycles. The number of nitrogens with two attached hydrogens (primary N) is 1. The number of carbonyl (C=O) groups is 1. The second-order valence-electron chi connectivity index (χ2n) is 3.47. The van der Waals surface area contributed by atoms with E-state index < -0.39 is 0 Å². The van der Waals surface area contributed by atoms with E-state index >= 15 is 0 Å². The highest BCUT2D eigenvalue weighted by atomic mass is 79.9. The van der Waals surface area contributed by atoms with Gasteiger partial charge in [-0.25, -0.2) is 4.79 Å². The highest BCUT2D eigenvalue weighted by Crippen LogP contribution is 2.25. The molecule has 2 aromatic rings. The summed E-state index contributed by atoms with van der Waals surface area (Å²) in [7, 11) is 1.36. The maximum absolute atomic E-state index is 11.6. The van der Waals surface area contributed by atoms with E-state index in [-0.39, 0.29) is 5.97 Å². The summed E-state index contributed by atoms with van der Waals surface area (Å²) < 4.78 is 7.54. The van der Waals surface area contributed by atoms with Gasteiger partial charge in [0.2, 0.25) is 0 Å². The fourth-order valence-corrected chi connectivity index (χ4v) is 3.01. The van der Waals surface area contributed by atoms with Crippen molar-refractivity contribution in [2.45, 2.75) is 6.54 Å². The van der Waals surface area contributed by atoms with Gasteiger partial charge in [0.15, 0.2) is 0 Å². The van der Waals surface area contributed by atoms with Gasteiger partial charge < -0.3 is 15.0 Å². The van der Waals surface area contributed by atoms with Crippen molar-refractivity contribution in [1.29, 1.82) is 0 Å². The molecule has 90 valence electrons. The Bertz CT molecular complexity index is 547.